The lowest BCUT2D eigenvalue weighted by Gasteiger charge is -2.18. The number of carboxylic acids is 1. The summed E-state index contributed by atoms with van der Waals surface area (Å²) in [5.41, 5.74) is 4.17. The van der Waals surface area contributed by atoms with Crippen molar-refractivity contribution in [2.75, 3.05) is 13.7 Å². The van der Waals surface area contributed by atoms with E-state index in [4.69, 9.17) is 5.11 Å². The zero-order chi connectivity index (χ0) is 13.5. The number of urea groups is 1. The first-order valence-electron chi connectivity index (χ1n) is 5.40. The van der Waals surface area contributed by atoms with Crippen molar-refractivity contribution >= 4 is 12.0 Å². The van der Waals surface area contributed by atoms with Gasteiger partial charge in [0.05, 0.1) is 0 Å². The molecule has 0 unspecified atom stereocenters. The largest absolute Gasteiger partial charge is 0.479 e. The number of rotatable bonds is 5. The molecule has 6 heteroatoms. The van der Waals surface area contributed by atoms with Crippen molar-refractivity contribution in [2.45, 2.75) is 13.5 Å². The molecule has 0 heterocycles. The number of benzene rings is 1. The molecule has 0 spiro atoms. The summed E-state index contributed by atoms with van der Waals surface area (Å²) in [6.45, 7) is 1.82. The molecule has 0 atom stereocenters. The SMILES string of the molecule is Cc1ccccc1CN(C)C(=O)NOCC(=O)O. The van der Waals surface area contributed by atoms with Gasteiger partial charge in [-0.3, -0.25) is 4.84 Å². The summed E-state index contributed by atoms with van der Waals surface area (Å²) in [5, 5.41) is 8.35. The Morgan fingerprint density at radius 1 is 1.39 bits per heavy atom. The lowest BCUT2D eigenvalue weighted by Crippen LogP contribution is -2.37. The fourth-order valence-electron chi connectivity index (χ4n) is 1.35. The summed E-state index contributed by atoms with van der Waals surface area (Å²) in [7, 11) is 1.60. The third kappa shape index (κ3) is 4.42. The van der Waals surface area contributed by atoms with Crippen molar-refractivity contribution in [3.05, 3.63) is 35.4 Å². The molecule has 0 aliphatic carbocycles. The molecule has 0 radical (unpaired) electrons. The van der Waals surface area contributed by atoms with Crippen molar-refractivity contribution in [1.29, 1.82) is 0 Å². The van der Waals surface area contributed by atoms with Crippen LogP contribution in [0.2, 0.25) is 0 Å². The minimum absolute atomic E-state index is 0.426. The highest BCUT2D eigenvalue weighted by molar-refractivity contribution is 5.73. The molecule has 18 heavy (non-hydrogen) atoms. The number of hydrogen-bond donors (Lipinski definition) is 2. The summed E-state index contributed by atoms with van der Waals surface area (Å²) in [6.07, 6.45) is 0. The molecule has 0 aromatic heterocycles. The molecule has 0 aliphatic rings. The van der Waals surface area contributed by atoms with Gasteiger partial charge in [0, 0.05) is 13.6 Å². The third-order valence-electron chi connectivity index (χ3n) is 2.37. The lowest BCUT2D eigenvalue weighted by atomic mass is 10.1. The molecule has 1 rings (SSSR count). The van der Waals surface area contributed by atoms with Gasteiger partial charge in [-0.25, -0.2) is 15.1 Å². The predicted octanol–water partition coefficient (Wildman–Crippen LogP) is 1.15. The van der Waals surface area contributed by atoms with Crippen LogP contribution in [0.3, 0.4) is 0 Å². The third-order valence-corrected chi connectivity index (χ3v) is 2.37. The molecule has 6 nitrogen and oxygen atoms in total. The maximum Gasteiger partial charge on any atom is 0.341 e. The number of carbonyl (C=O) groups is 2. The van der Waals surface area contributed by atoms with E-state index < -0.39 is 18.6 Å². The number of aryl methyl sites for hydroxylation is 1. The minimum Gasteiger partial charge on any atom is -0.479 e. The highest BCUT2D eigenvalue weighted by atomic mass is 16.7. The fraction of sp³-hybridized carbons (Fsp3) is 0.333. The van der Waals surface area contributed by atoms with Crippen molar-refractivity contribution in [3.8, 4) is 0 Å². The number of aliphatic carboxylic acids is 1. The summed E-state index contributed by atoms with van der Waals surface area (Å²) in [5.74, 6) is -1.14. The fourth-order valence-corrected chi connectivity index (χ4v) is 1.35. The Balaban J connectivity index is 2.45. The van der Waals surface area contributed by atoms with Gasteiger partial charge in [-0.15, -0.1) is 0 Å². The van der Waals surface area contributed by atoms with Crippen LogP contribution in [-0.2, 0) is 16.2 Å². The van der Waals surface area contributed by atoms with Gasteiger partial charge in [-0.1, -0.05) is 24.3 Å². The maximum absolute atomic E-state index is 11.5. The number of hydrogen-bond acceptors (Lipinski definition) is 3. The van der Waals surface area contributed by atoms with Crippen LogP contribution < -0.4 is 5.48 Å². The van der Waals surface area contributed by atoms with E-state index in [2.05, 4.69) is 10.3 Å². The molecule has 0 fully saturated rings. The van der Waals surface area contributed by atoms with Gasteiger partial charge >= 0.3 is 12.0 Å². The second kappa shape index (κ2) is 6.61. The van der Waals surface area contributed by atoms with Crippen LogP contribution in [-0.4, -0.2) is 35.7 Å². The second-order valence-corrected chi connectivity index (χ2v) is 3.87. The standard InChI is InChI=1S/C12H16N2O4/c1-9-5-3-4-6-10(9)7-14(2)12(17)13-18-8-11(15)16/h3-6H,7-8H2,1-2H3,(H,13,17)(H,15,16). The van der Waals surface area contributed by atoms with Crippen molar-refractivity contribution in [1.82, 2.24) is 10.4 Å². The van der Waals surface area contributed by atoms with Crippen LogP contribution >= 0.6 is 0 Å². The minimum atomic E-state index is -1.14. The van der Waals surface area contributed by atoms with Crippen LogP contribution in [0.15, 0.2) is 24.3 Å². The summed E-state index contributed by atoms with van der Waals surface area (Å²) < 4.78 is 0. The Bertz CT molecular complexity index is 434. The zero-order valence-electron chi connectivity index (χ0n) is 10.3. The molecular formula is C12H16N2O4. The number of amides is 2. The van der Waals surface area contributed by atoms with Gasteiger partial charge in [0.15, 0.2) is 6.61 Å². The van der Waals surface area contributed by atoms with Crippen LogP contribution in [0.25, 0.3) is 0 Å². The molecule has 0 saturated heterocycles. The number of carbonyl (C=O) groups excluding carboxylic acids is 1. The van der Waals surface area contributed by atoms with Gasteiger partial charge in [-0.2, -0.15) is 0 Å². The Hall–Kier alpha value is -2.08. The number of nitrogens with zero attached hydrogens (tertiary/aromatic N) is 1. The predicted molar refractivity (Wildman–Crippen MR) is 64.8 cm³/mol. The van der Waals surface area contributed by atoms with E-state index in [0.29, 0.717) is 6.54 Å². The Kier molecular flexibility index (Phi) is 5.13. The van der Waals surface area contributed by atoms with Gasteiger partial charge in [0.2, 0.25) is 0 Å². The van der Waals surface area contributed by atoms with E-state index in [-0.39, 0.29) is 0 Å². The molecule has 0 saturated carbocycles. The normalized spacial score (nSPS) is 9.89. The van der Waals surface area contributed by atoms with E-state index in [1.165, 1.54) is 4.90 Å². The van der Waals surface area contributed by atoms with Gasteiger partial charge < -0.3 is 10.0 Å². The highest BCUT2D eigenvalue weighted by Crippen LogP contribution is 2.09. The lowest BCUT2D eigenvalue weighted by molar-refractivity contribution is -0.144. The smallest absolute Gasteiger partial charge is 0.341 e. The van der Waals surface area contributed by atoms with Gasteiger partial charge in [0.1, 0.15) is 0 Å². The second-order valence-electron chi connectivity index (χ2n) is 3.87. The molecule has 1 aromatic rings. The number of hydroxylamine groups is 1. The summed E-state index contributed by atoms with van der Waals surface area (Å²) in [4.78, 5) is 27.6. The van der Waals surface area contributed by atoms with Crippen molar-refractivity contribution in [2.24, 2.45) is 0 Å². The topological polar surface area (TPSA) is 78.9 Å². The van der Waals surface area contributed by atoms with E-state index >= 15 is 0 Å². The molecule has 0 bridgehead atoms. The van der Waals surface area contributed by atoms with Crippen LogP contribution in [0.5, 0.6) is 0 Å². The Morgan fingerprint density at radius 2 is 2.06 bits per heavy atom. The van der Waals surface area contributed by atoms with Crippen LogP contribution in [0, 0.1) is 6.92 Å². The van der Waals surface area contributed by atoms with E-state index in [9.17, 15) is 9.59 Å². The quantitative estimate of drug-likeness (QED) is 0.770. The average molecular weight is 252 g/mol. The van der Waals surface area contributed by atoms with Gasteiger partial charge in [0.25, 0.3) is 0 Å². The summed E-state index contributed by atoms with van der Waals surface area (Å²) >= 11 is 0. The first-order chi connectivity index (χ1) is 8.50. The van der Waals surface area contributed by atoms with Crippen molar-refractivity contribution in [3.63, 3.8) is 0 Å². The first-order valence-corrected chi connectivity index (χ1v) is 5.40. The number of carboxylic acid groups (broad SMARTS) is 1. The molecule has 2 amide bonds. The monoisotopic (exact) mass is 252 g/mol. The molecule has 98 valence electrons. The maximum atomic E-state index is 11.5. The number of nitrogens with one attached hydrogen (secondary N) is 1. The first kappa shape index (κ1) is 14.0. The van der Waals surface area contributed by atoms with E-state index in [1.54, 1.807) is 7.05 Å². The Morgan fingerprint density at radius 3 is 2.67 bits per heavy atom. The van der Waals surface area contributed by atoms with Crippen LogP contribution in [0.4, 0.5) is 4.79 Å². The van der Waals surface area contributed by atoms with E-state index in [1.807, 2.05) is 31.2 Å². The summed E-state index contributed by atoms with van der Waals surface area (Å²) in [6, 6.07) is 7.22. The van der Waals surface area contributed by atoms with Crippen molar-refractivity contribution < 1.29 is 19.5 Å². The molecule has 2 N–H and O–H groups in total. The van der Waals surface area contributed by atoms with E-state index in [0.717, 1.165) is 11.1 Å². The average Bonchev–Trinajstić information content (AvgIpc) is 2.31. The highest BCUT2D eigenvalue weighted by Gasteiger charge is 2.10. The van der Waals surface area contributed by atoms with Crippen LogP contribution in [0.1, 0.15) is 11.1 Å². The molecule has 0 aliphatic heterocycles. The zero-order valence-corrected chi connectivity index (χ0v) is 10.3. The molecule has 1 aromatic carbocycles. The Labute approximate surface area is 105 Å². The van der Waals surface area contributed by atoms with Gasteiger partial charge in [-0.05, 0) is 18.1 Å². The molecular weight excluding hydrogens is 236 g/mol.